The van der Waals surface area contributed by atoms with Crippen LogP contribution in [-0.4, -0.2) is 23.1 Å². The van der Waals surface area contributed by atoms with Gasteiger partial charge in [0.05, 0.1) is 0 Å². The first-order valence-corrected chi connectivity index (χ1v) is 1.23. The summed E-state index contributed by atoms with van der Waals surface area (Å²) in [5, 5.41) is 0. The summed E-state index contributed by atoms with van der Waals surface area (Å²) in [5.74, 6) is 0. The maximum atomic E-state index is 5.88. The van der Waals surface area contributed by atoms with Crippen molar-refractivity contribution in [3.05, 3.63) is 6.42 Å². The average Bonchev–Trinajstić information content (AvgIpc) is 0.918. The molecule has 0 rings (SSSR count). The van der Waals surface area contributed by atoms with Gasteiger partial charge in [-0.25, -0.2) is 0 Å². The normalized spacial score (nSPS) is 2.00. The second kappa shape index (κ2) is 9.19. The molecule has 0 aromatic rings. The van der Waals surface area contributed by atoms with Gasteiger partial charge in [-0.15, -0.1) is 0 Å². The van der Waals surface area contributed by atoms with Gasteiger partial charge in [-0.3, -0.25) is 0 Å². The van der Waals surface area contributed by atoms with Crippen molar-refractivity contribution in [1.82, 2.24) is 0 Å². The zero-order valence-corrected chi connectivity index (χ0v) is 2.96. The standard InChI is InChI=1S/C2Br.Mg.2H/c1-2-3;;;. The summed E-state index contributed by atoms with van der Waals surface area (Å²) in [6.07, 6.45) is 5.88. The van der Waals surface area contributed by atoms with Gasteiger partial charge >= 0.3 is 23.1 Å². The summed E-state index contributed by atoms with van der Waals surface area (Å²) < 4.78 is 0. The van der Waals surface area contributed by atoms with Crippen LogP contribution in [0.25, 0.3) is 0 Å². The first kappa shape index (κ1) is 8.84. The van der Waals surface area contributed by atoms with Gasteiger partial charge < -0.3 is 0 Å². The van der Waals surface area contributed by atoms with Crippen molar-refractivity contribution in [2.75, 3.05) is 0 Å². The van der Waals surface area contributed by atoms with Crippen LogP contribution in [0.1, 0.15) is 0 Å². The molecule has 0 saturated carbocycles. The Balaban J connectivity index is 0. The van der Waals surface area contributed by atoms with Gasteiger partial charge in [0.15, 0.2) is 0 Å². The average molecular weight is 130 g/mol. The van der Waals surface area contributed by atoms with E-state index in [0.29, 0.717) is 0 Å². The lowest BCUT2D eigenvalue weighted by Crippen LogP contribution is -0.906. The number of hydrogen-bond acceptors (Lipinski definition) is 0. The van der Waals surface area contributed by atoms with E-state index in [1.807, 2.05) is 4.83 Å². The number of halogens is 1. The van der Waals surface area contributed by atoms with Gasteiger partial charge in [0.1, 0.15) is 0 Å². The molecule has 4 heavy (non-hydrogen) atoms. The molecule has 0 heterocycles. The fourth-order valence-corrected chi connectivity index (χ4v) is 0. The van der Waals surface area contributed by atoms with Gasteiger partial charge in [-0.2, -0.15) is 0 Å². The summed E-state index contributed by atoms with van der Waals surface area (Å²) >= 11 is 2.56. The van der Waals surface area contributed by atoms with E-state index in [0.717, 1.165) is 0 Å². The van der Waals surface area contributed by atoms with E-state index in [-0.39, 0.29) is 23.1 Å². The summed E-state index contributed by atoms with van der Waals surface area (Å²) in [6, 6.07) is 0. The maximum absolute atomic E-state index is 5.88. The fourth-order valence-electron chi connectivity index (χ4n) is 0. The first-order chi connectivity index (χ1) is 1.41. The predicted octanol–water partition coefficient (Wildman–Crippen LogP) is 0.0124. The zero-order valence-electron chi connectivity index (χ0n) is 1.38. The molecule has 0 aromatic heterocycles. The van der Waals surface area contributed by atoms with Gasteiger partial charge in [0, 0.05) is 15.9 Å². The summed E-state index contributed by atoms with van der Waals surface area (Å²) in [5.41, 5.74) is 0. The largest absolute Gasteiger partial charge is 0.316 e. The number of hydrogen-bond donors (Lipinski definition) is 0. The molecule has 0 spiro atoms. The Morgan fingerprint density at radius 1 is 1.75 bits per heavy atom. The SMILES string of the molecule is [C]#CBr.[MgH2]. The van der Waals surface area contributed by atoms with Crippen molar-refractivity contribution in [1.29, 1.82) is 0 Å². The molecule has 0 atom stereocenters. The minimum atomic E-state index is 0. The molecule has 0 fully saturated rings. The molecule has 19 valence electrons. The van der Waals surface area contributed by atoms with Crippen LogP contribution in [0.2, 0.25) is 0 Å². The van der Waals surface area contributed by atoms with Crippen LogP contribution in [0.5, 0.6) is 0 Å². The third kappa shape index (κ3) is 14.1. The van der Waals surface area contributed by atoms with E-state index in [1.165, 1.54) is 0 Å². The van der Waals surface area contributed by atoms with Crippen LogP contribution < -0.4 is 0 Å². The Morgan fingerprint density at radius 3 is 1.75 bits per heavy atom. The third-order valence-electron chi connectivity index (χ3n) is 0. The van der Waals surface area contributed by atoms with Crippen LogP contribution in [0, 0.1) is 11.3 Å². The first-order valence-electron chi connectivity index (χ1n) is 0.439. The van der Waals surface area contributed by atoms with E-state index in [4.69, 9.17) is 6.42 Å². The monoisotopic (exact) mass is 129 g/mol. The molecule has 0 aliphatic rings. The Labute approximate surface area is 50.2 Å². The minimum absolute atomic E-state index is 0. The maximum Gasteiger partial charge on any atom is 0.316 e. The van der Waals surface area contributed by atoms with Crippen LogP contribution in [-0.2, 0) is 0 Å². The summed E-state index contributed by atoms with van der Waals surface area (Å²) in [7, 11) is 0. The molecule has 0 bridgehead atoms. The second-order valence-electron chi connectivity index (χ2n) is 0.0945. The fraction of sp³-hybridized carbons (Fsp3) is 0. The molecular weight excluding hydrogens is 128 g/mol. The molecule has 0 unspecified atom stereocenters. The second-order valence-corrected chi connectivity index (χ2v) is 0.491. The van der Waals surface area contributed by atoms with Crippen molar-refractivity contribution < 1.29 is 0 Å². The molecule has 2 heteroatoms. The third-order valence-corrected chi connectivity index (χ3v) is 0. The van der Waals surface area contributed by atoms with E-state index < -0.39 is 0 Å². The lowest BCUT2D eigenvalue weighted by atomic mass is 11.4. The number of rotatable bonds is 0. The summed E-state index contributed by atoms with van der Waals surface area (Å²) in [6.45, 7) is 0. The smallest absolute Gasteiger partial charge is 0.00984 e. The van der Waals surface area contributed by atoms with E-state index in [1.54, 1.807) is 0 Å². The highest BCUT2D eigenvalue weighted by Gasteiger charge is 1.15. The molecular formula is C2H2BrMg. The Hall–Kier alpha value is 0.806. The van der Waals surface area contributed by atoms with Crippen molar-refractivity contribution in [2.45, 2.75) is 0 Å². The van der Waals surface area contributed by atoms with E-state index >= 15 is 0 Å². The van der Waals surface area contributed by atoms with Crippen LogP contribution in [0.4, 0.5) is 0 Å². The Bertz CT molecular complexity index is 27.5. The van der Waals surface area contributed by atoms with Crippen molar-refractivity contribution >= 4 is 39.0 Å². The molecule has 0 saturated heterocycles. The van der Waals surface area contributed by atoms with Crippen LogP contribution in [0.15, 0.2) is 0 Å². The highest BCUT2D eigenvalue weighted by Crippen LogP contribution is 1.58. The molecule has 0 N–H and O–H groups in total. The van der Waals surface area contributed by atoms with E-state index in [9.17, 15) is 0 Å². The minimum Gasteiger partial charge on any atom is -0.00984 e. The Kier molecular flexibility index (Phi) is 20.3. The predicted molar refractivity (Wildman–Crippen MR) is 24.6 cm³/mol. The lowest BCUT2D eigenvalue weighted by molar-refractivity contribution is 2.86. The highest BCUT2D eigenvalue weighted by atomic mass is 79.9. The van der Waals surface area contributed by atoms with Gasteiger partial charge in [0.25, 0.3) is 0 Å². The zero-order chi connectivity index (χ0) is 2.71. The van der Waals surface area contributed by atoms with Gasteiger partial charge in [-0.05, 0) is 11.3 Å². The highest BCUT2D eigenvalue weighted by molar-refractivity contribution is 9.12. The van der Waals surface area contributed by atoms with Gasteiger partial charge in [-0.1, -0.05) is 0 Å². The van der Waals surface area contributed by atoms with Crippen molar-refractivity contribution in [3.63, 3.8) is 0 Å². The molecule has 0 aliphatic heterocycles. The molecule has 0 aliphatic carbocycles. The van der Waals surface area contributed by atoms with Crippen LogP contribution in [0.3, 0.4) is 0 Å². The van der Waals surface area contributed by atoms with Crippen molar-refractivity contribution in [3.8, 4) is 4.83 Å². The van der Waals surface area contributed by atoms with Crippen LogP contribution >= 0.6 is 15.9 Å². The topological polar surface area (TPSA) is 0 Å². The molecule has 0 aromatic carbocycles. The molecule has 1 radical (unpaired) electrons. The molecule has 0 nitrogen and oxygen atoms in total. The molecule has 0 amide bonds. The van der Waals surface area contributed by atoms with Crippen molar-refractivity contribution in [2.24, 2.45) is 0 Å². The Morgan fingerprint density at radius 2 is 1.75 bits per heavy atom. The van der Waals surface area contributed by atoms with Gasteiger partial charge in [0.2, 0.25) is 0 Å². The lowest BCUT2D eigenvalue weighted by Gasteiger charge is -1.16. The summed E-state index contributed by atoms with van der Waals surface area (Å²) in [4.78, 5) is 1.81. The quantitative estimate of drug-likeness (QED) is 0.320. The van der Waals surface area contributed by atoms with E-state index in [2.05, 4.69) is 15.9 Å².